The maximum absolute atomic E-state index is 15.7. The number of aryl methyl sites for hydroxylation is 1. The third-order valence-electron chi connectivity index (χ3n) is 7.24. The van der Waals surface area contributed by atoms with E-state index < -0.39 is 17.3 Å². The van der Waals surface area contributed by atoms with Gasteiger partial charge in [-0.25, -0.2) is 23.1 Å². The molecule has 3 aromatic heterocycles. The van der Waals surface area contributed by atoms with Crippen molar-refractivity contribution in [1.29, 1.82) is 0 Å². The number of benzene rings is 1. The largest absolute Gasteiger partial charge is 0.355 e. The first-order valence-corrected chi connectivity index (χ1v) is 13.1. The molecule has 0 N–H and O–H groups in total. The van der Waals surface area contributed by atoms with Gasteiger partial charge in [-0.15, -0.1) is 0 Å². The Bertz CT molecular complexity index is 1700. The van der Waals surface area contributed by atoms with E-state index >= 15 is 4.39 Å². The number of fused-ring (bicyclic) bond motifs is 1. The summed E-state index contributed by atoms with van der Waals surface area (Å²) in [5.41, 5.74) is 1.23. The summed E-state index contributed by atoms with van der Waals surface area (Å²) in [5.74, 6) is -1.35. The van der Waals surface area contributed by atoms with Crippen molar-refractivity contribution in [3.63, 3.8) is 0 Å². The lowest BCUT2D eigenvalue weighted by Crippen LogP contribution is -2.54. The number of anilines is 1. The van der Waals surface area contributed by atoms with Crippen LogP contribution in [0.15, 0.2) is 60.0 Å². The summed E-state index contributed by atoms with van der Waals surface area (Å²) < 4.78 is 31.9. The number of piperazine rings is 1. The van der Waals surface area contributed by atoms with Crippen LogP contribution >= 0.6 is 0 Å². The second-order valence-electron chi connectivity index (χ2n) is 10.3. The molecule has 4 aromatic rings. The number of hydrogen-bond acceptors (Lipinski definition) is 6. The van der Waals surface area contributed by atoms with Gasteiger partial charge in [0.25, 0.3) is 0 Å². The molecule has 8 nitrogen and oxygen atoms in total. The minimum Gasteiger partial charge on any atom is -0.350 e. The van der Waals surface area contributed by atoms with Crippen LogP contribution in [0, 0.1) is 18.6 Å². The van der Waals surface area contributed by atoms with Crippen LogP contribution in [0.25, 0.3) is 28.0 Å². The molecule has 0 saturated carbocycles. The summed E-state index contributed by atoms with van der Waals surface area (Å²) in [7, 11) is 0. The van der Waals surface area contributed by atoms with Crippen molar-refractivity contribution in [2.24, 2.45) is 0 Å². The average molecular weight is 545 g/mol. The molecule has 40 heavy (non-hydrogen) atoms. The molecule has 1 amide bonds. The molecule has 1 aliphatic rings. The van der Waals surface area contributed by atoms with Gasteiger partial charge in [0.15, 0.2) is 5.65 Å². The van der Waals surface area contributed by atoms with E-state index in [1.54, 1.807) is 23.2 Å². The number of amides is 1. The van der Waals surface area contributed by atoms with E-state index in [1.165, 1.54) is 34.9 Å². The van der Waals surface area contributed by atoms with Crippen molar-refractivity contribution < 1.29 is 13.6 Å². The molecule has 5 rings (SSSR count). The Morgan fingerprint density at radius 3 is 2.55 bits per heavy atom. The van der Waals surface area contributed by atoms with Gasteiger partial charge in [-0.1, -0.05) is 32.6 Å². The van der Waals surface area contributed by atoms with Gasteiger partial charge in [-0.3, -0.25) is 9.78 Å². The minimum absolute atomic E-state index is 0.0174. The molecule has 0 unspecified atom stereocenters. The monoisotopic (exact) mass is 544 g/mol. The van der Waals surface area contributed by atoms with Crippen molar-refractivity contribution in [1.82, 2.24) is 24.4 Å². The van der Waals surface area contributed by atoms with E-state index in [0.29, 0.717) is 36.4 Å². The van der Waals surface area contributed by atoms with Gasteiger partial charge in [0.2, 0.25) is 5.91 Å². The molecule has 0 bridgehead atoms. The van der Waals surface area contributed by atoms with Crippen LogP contribution in [-0.2, 0) is 4.79 Å². The third kappa shape index (κ3) is 4.63. The zero-order valence-electron chi connectivity index (χ0n) is 22.9. The molecule has 4 heterocycles. The summed E-state index contributed by atoms with van der Waals surface area (Å²) in [6.45, 7) is 12.4. The standard InChI is InChI=1S/C30H30F2N6O2/c1-6-24(39)36-13-14-37(19(5)16-36)28-21-15-23(32)26(20-9-7-8-10-22(20)31)34-29(21)38(30(40)35-28)27-18(4)11-12-33-25(27)17(2)3/h6-12,15,17,19H,1,13-14,16H2,2-5H3/t19-/m0/s1. The van der Waals surface area contributed by atoms with E-state index in [9.17, 15) is 14.0 Å². The lowest BCUT2D eigenvalue weighted by Gasteiger charge is -2.40. The number of hydrogen-bond donors (Lipinski definition) is 0. The molecule has 206 valence electrons. The van der Waals surface area contributed by atoms with Crippen molar-refractivity contribution >= 4 is 22.8 Å². The fraction of sp³-hybridized carbons (Fsp3) is 0.300. The zero-order valence-corrected chi connectivity index (χ0v) is 22.9. The number of carbonyl (C=O) groups is 1. The SMILES string of the molecule is C=CC(=O)N1CCN(c2nc(=O)n(-c3c(C)ccnc3C(C)C)c3nc(-c4ccccc4F)c(F)cc23)[C@@H](C)C1. The summed E-state index contributed by atoms with van der Waals surface area (Å²) in [6, 6.07) is 8.61. The van der Waals surface area contributed by atoms with Gasteiger partial charge in [0.1, 0.15) is 23.1 Å². The Labute approximate surface area is 230 Å². The third-order valence-corrected chi connectivity index (χ3v) is 7.24. The van der Waals surface area contributed by atoms with E-state index in [2.05, 4.69) is 21.5 Å². The Balaban J connectivity index is 1.81. The molecule has 0 radical (unpaired) electrons. The second-order valence-corrected chi connectivity index (χ2v) is 10.3. The van der Waals surface area contributed by atoms with Crippen LogP contribution in [-0.4, -0.2) is 56.0 Å². The predicted molar refractivity (Wildman–Crippen MR) is 151 cm³/mol. The van der Waals surface area contributed by atoms with Crippen LogP contribution < -0.4 is 10.6 Å². The highest BCUT2D eigenvalue weighted by atomic mass is 19.1. The first kappa shape index (κ1) is 27.1. The minimum atomic E-state index is -0.744. The number of carbonyl (C=O) groups excluding carboxylic acids is 1. The molecule has 1 saturated heterocycles. The van der Waals surface area contributed by atoms with Crippen molar-refractivity contribution in [2.75, 3.05) is 24.5 Å². The highest BCUT2D eigenvalue weighted by Gasteiger charge is 2.30. The number of pyridine rings is 2. The first-order valence-electron chi connectivity index (χ1n) is 13.1. The molecular formula is C30H30F2N6O2. The van der Waals surface area contributed by atoms with Crippen LogP contribution in [0.2, 0.25) is 0 Å². The first-order chi connectivity index (χ1) is 19.1. The van der Waals surface area contributed by atoms with Crippen molar-refractivity contribution in [3.8, 4) is 16.9 Å². The Morgan fingerprint density at radius 1 is 1.12 bits per heavy atom. The Kier molecular flexibility index (Phi) is 7.18. The normalized spacial score (nSPS) is 15.6. The lowest BCUT2D eigenvalue weighted by molar-refractivity contribution is -0.126. The Morgan fingerprint density at radius 2 is 1.88 bits per heavy atom. The fourth-order valence-corrected chi connectivity index (χ4v) is 5.25. The van der Waals surface area contributed by atoms with Gasteiger partial charge in [-0.2, -0.15) is 4.98 Å². The van der Waals surface area contributed by atoms with Gasteiger partial charge in [0.05, 0.1) is 16.8 Å². The maximum atomic E-state index is 15.7. The van der Waals surface area contributed by atoms with Crippen LogP contribution in [0.4, 0.5) is 14.6 Å². The zero-order chi connectivity index (χ0) is 28.7. The van der Waals surface area contributed by atoms with Crippen LogP contribution in [0.5, 0.6) is 0 Å². The maximum Gasteiger partial charge on any atom is 0.355 e. The van der Waals surface area contributed by atoms with E-state index in [-0.39, 0.29) is 40.6 Å². The van der Waals surface area contributed by atoms with Crippen molar-refractivity contribution in [3.05, 3.63) is 88.6 Å². The second kappa shape index (κ2) is 10.6. The van der Waals surface area contributed by atoms with Crippen LogP contribution in [0.1, 0.15) is 37.9 Å². The number of rotatable bonds is 5. The van der Waals surface area contributed by atoms with Gasteiger partial charge >= 0.3 is 5.69 Å². The summed E-state index contributed by atoms with van der Waals surface area (Å²) in [4.78, 5) is 43.2. The highest BCUT2D eigenvalue weighted by molar-refractivity contribution is 5.91. The Hall–Kier alpha value is -4.47. The molecule has 10 heteroatoms. The quantitative estimate of drug-likeness (QED) is 0.337. The van der Waals surface area contributed by atoms with Gasteiger partial charge < -0.3 is 9.80 Å². The van der Waals surface area contributed by atoms with Crippen LogP contribution in [0.3, 0.4) is 0 Å². The predicted octanol–water partition coefficient (Wildman–Crippen LogP) is 4.78. The fourth-order valence-electron chi connectivity index (χ4n) is 5.25. The van der Waals surface area contributed by atoms with Crippen molar-refractivity contribution in [2.45, 2.75) is 39.7 Å². The molecule has 1 fully saturated rings. The summed E-state index contributed by atoms with van der Waals surface area (Å²) >= 11 is 0. The molecule has 0 aliphatic carbocycles. The average Bonchev–Trinajstić information content (AvgIpc) is 2.93. The molecule has 1 aliphatic heterocycles. The summed E-state index contributed by atoms with van der Waals surface area (Å²) in [6.07, 6.45) is 2.94. The number of halogens is 2. The topological polar surface area (TPSA) is 84.2 Å². The van der Waals surface area contributed by atoms with Gasteiger partial charge in [0, 0.05) is 37.4 Å². The summed E-state index contributed by atoms with van der Waals surface area (Å²) in [5, 5.41) is 0.297. The van der Waals surface area contributed by atoms with E-state index in [4.69, 9.17) is 0 Å². The smallest absolute Gasteiger partial charge is 0.350 e. The number of nitrogens with zero attached hydrogens (tertiary/aromatic N) is 6. The highest BCUT2D eigenvalue weighted by Crippen LogP contribution is 2.33. The van der Waals surface area contributed by atoms with E-state index in [1.807, 2.05) is 32.6 Å². The van der Waals surface area contributed by atoms with E-state index in [0.717, 1.165) is 5.56 Å². The molecule has 1 aromatic carbocycles. The lowest BCUT2D eigenvalue weighted by atomic mass is 10.0. The van der Waals surface area contributed by atoms with Gasteiger partial charge in [-0.05, 0) is 55.7 Å². The molecule has 0 spiro atoms. The number of aromatic nitrogens is 4. The molecule has 1 atom stereocenters. The molecular weight excluding hydrogens is 514 g/mol.